The molecular weight excluding hydrogens is 462 g/mol. The molecule has 0 unspecified atom stereocenters. The van der Waals surface area contributed by atoms with E-state index in [1.807, 2.05) is 32.0 Å². The summed E-state index contributed by atoms with van der Waals surface area (Å²) in [6.45, 7) is 4.53. The van der Waals surface area contributed by atoms with Gasteiger partial charge in [0.1, 0.15) is 19.0 Å². The maximum absolute atomic E-state index is 13.2. The summed E-state index contributed by atoms with van der Waals surface area (Å²) in [4.78, 5) is 30.6. The normalized spacial score (nSPS) is 12.6. The molecule has 0 amide bonds. The lowest BCUT2D eigenvalue weighted by Gasteiger charge is -2.19. The van der Waals surface area contributed by atoms with Crippen LogP contribution < -0.4 is 14.2 Å². The van der Waals surface area contributed by atoms with Crippen LogP contribution in [-0.2, 0) is 4.74 Å². The molecule has 0 N–H and O–H groups in total. The third kappa shape index (κ3) is 4.47. The summed E-state index contributed by atoms with van der Waals surface area (Å²) in [6, 6.07) is 13.8. The Hall–Kier alpha value is -4.40. The monoisotopic (exact) mass is 487 g/mol. The van der Waals surface area contributed by atoms with Crippen molar-refractivity contribution in [1.29, 1.82) is 0 Å². The molecule has 36 heavy (non-hydrogen) atoms. The van der Waals surface area contributed by atoms with Gasteiger partial charge in [0.25, 0.3) is 0 Å². The topological polar surface area (TPSA) is 102 Å². The number of Topliss-reactive ketones (excluding diaryl/α,β-unsaturated/α-hetero) is 1. The molecule has 4 aromatic rings. The predicted molar refractivity (Wildman–Crippen MR) is 132 cm³/mol. The Bertz CT molecular complexity index is 1440. The molecule has 0 bridgehead atoms. The standard InChI is InChI=1S/C27H25N3O6/c1-16(2)30-26-21(14-28-30)20(27(32)36-15-23(31)17-4-7-19(33-3)8-5-17)13-22(29-26)18-6-9-24-25(12-18)35-11-10-34-24/h4-9,12-14,16H,10-11,15H2,1-3H3. The zero-order chi connectivity index (χ0) is 25.2. The van der Waals surface area contributed by atoms with Crippen molar-refractivity contribution in [1.82, 2.24) is 14.8 Å². The molecule has 0 aliphatic carbocycles. The molecule has 184 valence electrons. The van der Waals surface area contributed by atoms with Gasteiger partial charge in [-0.25, -0.2) is 14.5 Å². The van der Waals surface area contributed by atoms with E-state index in [-0.39, 0.29) is 17.4 Å². The van der Waals surface area contributed by atoms with Crippen LogP contribution in [0.3, 0.4) is 0 Å². The Morgan fingerprint density at radius 1 is 1.03 bits per heavy atom. The smallest absolute Gasteiger partial charge is 0.339 e. The lowest BCUT2D eigenvalue weighted by atomic mass is 10.1. The number of aromatic nitrogens is 3. The van der Waals surface area contributed by atoms with E-state index in [0.717, 1.165) is 5.56 Å². The number of fused-ring (bicyclic) bond motifs is 2. The Morgan fingerprint density at radius 2 is 1.78 bits per heavy atom. The number of rotatable bonds is 7. The Balaban J connectivity index is 1.47. The number of ketones is 1. The van der Waals surface area contributed by atoms with Crippen molar-refractivity contribution in [3.63, 3.8) is 0 Å². The van der Waals surface area contributed by atoms with E-state index in [1.54, 1.807) is 48.3 Å². The van der Waals surface area contributed by atoms with Crippen LogP contribution in [0.4, 0.5) is 0 Å². The van der Waals surface area contributed by atoms with Gasteiger partial charge in [0.15, 0.2) is 29.5 Å². The molecule has 1 aliphatic heterocycles. The minimum atomic E-state index is -0.633. The number of esters is 1. The van der Waals surface area contributed by atoms with Gasteiger partial charge >= 0.3 is 5.97 Å². The molecule has 0 fully saturated rings. The van der Waals surface area contributed by atoms with Crippen molar-refractivity contribution in [3.8, 4) is 28.5 Å². The second-order valence-corrected chi connectivity index (χ2v) is 8.56. The van der Waals surface area contributed by atoms with E-state index in [0.29, 0.717) is 52.8 Å². The third-order valence-electron chi connectivity index (χ3n) is 5.86. The van der Waals surface area contributed by atoms with Crippen LogP contribution in [0.2, 0.25) is 0 Å². The molecule has 5 rings (SSSR count). The first kappa shape index (κ1) is 23.3. The van der Waals surface area contributed by atoms with Crippen LogP contribution in [0.15, 0.2) is 54.7 Å². The summed E-state index contributed by atoms with van der Waals surface area (Å²) in [7, 11) is 1.55. The van der Waals surface area contributed by atoms with Crippen molar-refractivity contribution in [2.45, 2.75) is 19.9 Å². The van der Waals surface area contributed by atoms with E-state index < -0.39 is 12.6 Å². The summed E-state index contributed by atoms with van der Waals surface area (Å²) in [5.41, 5.74) is 2.55. The van der Waals surface area contributed by atoms with Gasteiger partial charge in [-0.15, -0.1) is 0 Å². The molecule has 1 aliphatic rings. The average molecular weight is 488 g/mol. The molecule has 2 aromatic carbocycles. The molecule has 9 heteroatoms. The second kappa shape index (κ2) is 9.69. The first-order chi connectivity index (χ1) is 17.4. The molecule has 0 saturated heterocycles. The molecule has 2 aromatic heterocycles. The summed E-state index contributed by atoms with van der Waals surface area (Å²) >= 11 is 0. The highest BCUT2D eigenvalue weighted by Gasteiger charge is 2.22. The zero-order valence-electron chi connectivity index (χ0n) is 20.2. The van der Waals surface area contributed by atoms with Gasteiger partial charge in [0, 0.05) is 17.2 Å². The fraction of sp³-hybridized carbons (Fsp3) is 0.259. The third-order valence-corrected chi connectivity index (χ3v) is 5.86. The van der Waals surface area contributed by atoms with E-state index in [9.17, 15) is 9.59 Å². The summed E-state index contributed by atoms with van der Waals surface area (Å²) in [5.74, 6) is 0.964. The van der Waals surface area contributed by atoms with Gasteiger partial charge < -0.3 is 18.9 Å². The van der Waals surface area contributed by atoms with Gasteiger partial charge in [0.05, 0.1) is 30.0 Å². The number of methoxy groups -OCH3 is 1. The number of benzene rings is 2. The SMILES string of the molecule is COc1ccc(C(=O)COC(=O)c2cc(-c3ccc4c(c3)OCCO4)nc3c2cnn3C(C)C)cc1. The summed E-state index contributed by atoms with van der Waals surface area (Å²) < 4.78 is 23.6. The van der Waals surface area contributed by atoms with Crippen LogP contribution in [0.1, 0.15) is 40.6 Å². The van der Waals surface area contributed by atoms with Crippen molar-refractivity contribution < 1.29 is 28.5 Å². The highest BCUT2D eigenvalue weighted by atomic mass is 16.6. The van der Waals surface area contributed by atoms with E-state index >= 15 is 0 Å². The fourth-order valence-electron chi connectivity index (χ4n) is 3.98. The maximum atomic E-state index is 13.2. The predicted octanol–water partition coefficient (Wildman–Crippen LogP) is 4.50. The molecule has 0 saturated carbocycles. The van der Waals surface area contributed by atoms with E-state index in [2.05, 4.69) is 5.10 Å². The van der Waals surface area contributed by atoms with Crippen LogP contribution in [0.5, 0.6) is 17.2 Å². The van der Waals surface area contributed by atoms with Crippen LogP contribution >= 0.6 is 0 Å². The minimum Gasteiger partial charge on any atom is -0.497 e. The second-order valence-electron chi connectivity index (χ2n) is 8.56. The fourth-order valence-corrected chi connectivity index (χ4v) is 3.98. The molecule has 3 heterocycles. The molecule has 9 nitrogen and oxygen atoms in total. The highest BCUT2D eigenvalue weighted by molar-refractivity contribution is 6.05. The van der Waals surface area contributed by atoms with Gasteiger partial charge in [-0.05, 0) is 62.4 Å². The van der Waals surface area contributed by atoms with Gasteiger partial charge in [0.2, 0.25) is 0 Å². The van der Waals surface area contributed by atoms with Crippen LogP contribution in [0.25, 0.3) is 22.3 Å². The minimum absolute atomic E-state index is 0.0195. The lowest BCUT2D eigenvalue weighted by molar-refractivity contribution is 0.0476. The quantitative estimate of drug-likeness (QED) is 0.277. The average Bonchev–Trinajstić information content (AvgIpc) is 3.35. The van der Waals surface area contributed by atoms with Gasteiger partial charge in [-0.1, -0.05) is 0 Å². The number of pyridine rings is 1. The Kier molecular flexibility index (Phi) is 6.28. The number of ether oxygens (including phenoxy) is 4. The Morgan fingerprint density at radius 3 is 2.50 bits per heavy atom. The first-order valence-corrected chi connectivity index (χ1v) is 11.6. The van der Waals surface area contributed by atoms with Gasteiger partial charge in [-0.3, -0.25) is 4.79 Å². The Labute approximate surface area is 207 Å². The molecule has 0 radical (unpaired) electrons. The molecular formula is C27H25N3O6. The zero-order valence-corrected chi connectivity index (χ0v) is 20.2. The lowest BCUT2D eigenvalue weighted by Crippen LogP contribution is -2.15. The number of hydrogen-bond acceptors (Lipinski definition) is 8. The van der Waals surface area contributed by atoms with Crippen LogP contribution in [-0.4, -0.2) is 53.4 Å². The van der Waals surface area contributed by atoms with Crippen LogP contribution in [0, 0.1) is 0 Å². The number of nitrogens with zero attached hydrogens (tertiary/aromatic N) is 3. The largest absolute Gasteiger partial charge is 0.497 e. The maximum Gasteiger partial charge on any atom is 0.339 e. The number of hydrogen-bond donors (Lipinski definition) is 0. The van der Waals surface area contributed by atoms with E-state index in [4.69, 9.17) is 23.9 Å². The van der Waals surface area contributed by atoms with Crippen molar-refractivity contribution in [3.05, 3.63) is 65.9 Å². The molecule has 0 spiro atoms. The van der Waals surface area contributed by atoms with E-state index in [1.165, 1.54) is 0 Å². The van der Waals surface area contributed by atoms with Crippen molar-refractivity contribution in [2.24, 2.45) is 0 Å². The highest BCUT2D eigenvalue weighted by Crippen LogP contribution is 2.35. The summed E-state index contributed by atoms with van der Waals surface area (Å²) in [6.07, 6.45) is 1.60. The van der Waals surface area contributed by atoms with Crippen molar-refractivity contribution >= 4 is 22.8 Å². The van der Waals surface area contributed by atoms with Gasteiger partial charge in [-0.2, -0.15) is 5.10 Å². The summed E-state index contributed by atoms with van der Waals surface area (Å²) in [5, 5.41) is 4.97. The number of carbonyl (C=O) groups is 2. The number of carbonyl (C=O) groups excluding carboxylic acids is 2. The van der Waals surface area contributed by atoms with Crippen molar-refractivity contribution in [2.75, 3.05) is 26.9 Å². The molecule has 0 atom stereocenters. The first-order valence-electron chi connectivity index (χ1n) is 11.6.